The number of carboxylic acids is 1. The Morgan fingerprint density at radius 1 is 1.57 bits per heavy atom. The minimum atomic E-state index is -1.02. The van der Waals surface area contributed by atoms with Crippen molar-refractivity contribution in [3.8, 4) is 0 Å². The van der Waals surface area contributed by atoms with Gasteiger partial charge in [-0.2, -0.15) is 0 Å². The van der Waals surface area contributed by atoms with E-state index in [1.54, 1.807) is 6.92 Å². The Morgan fingerprint density at radius 3 is 2.64 bits per heavy atom. The number of aryl methyl sites for hydroxylation is 1. The molecule has 0 bridgehead atoms. The smallest absolute Gasteiger partial charge is 0.352 e. The van der Waals surface area contributed by atoms with Gasteiger partial charge in [0.15, 0.2) is 6.29 Å². The van der Waals surface area contributed by atoms with Crippen molar-refractivity contribution in [2.24, 2.45) is 0 Å². The highest BCUT2D eigenvalue weighted by Crippen LogP contribution is 2.17. The highest BCUT2D eigenvalue weighted by Gasteiger charge is 2.17. The zero-order valence-electron chi connectivity index (χ0n) is 8.26. The molecular formula is C10H13NO3. The van der Waals surface area contributed by atoms with Crippen LogP contribution in [0.4, 0.5) is 0 Å². The fourth-order valence-corrected chi connectivity index (χ4v) is 1.49. The minimum absolute atomic E-state index is 0.121. The van der Waals surface area contributed by atoms with E-state index in [9.17, 15) is 9.59 Å². The molecule has 0 aliphatic rings. The van der Waals surface area contributed by atoms with Crippen molar-refractivity contribution >= 4 is 12.3 Å². The van der Waals surface area contributed by atoms with Crippen LogP contribution in [0, 0.1) is 6.92 Å². The summed E-state index contributed by atoms with van der Waals surface area (Å²) in [7, 11) is 0. The van der Waals surface area contributed by atoms with Crippen molar-refractivity contribution in [3.63, 3.8) is 0 Å². The Hall–Kier alpha value is -1.58. The first kappa shape index (κ1) is 10.5. The van der Waals surface area contributed by atoms with Gasteiger partial charge < -0.3 is 10.1 Å². The highest BCUT2D eigenvalue weighted by molar-refractivity contribution is 5.92. The van der Waals surface area contributed by atoms with Crippen LogP contribution in [-0.2, 0) is 6.42 Å². The van der Waals surface area contributed by atoms with E-state index >= 15 is 0 Å². The minimum Gasteiger partial charge on any atom is -0.477 e. The average molecular weight is 195 g/mol. The summed E-state index contributed by atoms with van der Waals surface area (Å²) in [6, 6.07) is 0. The van der Waals surface area contributed by atoms with Gasteiger partial charge in [0.05, 0.1) is 0 Å². The Morgan fingerprint density at radius 2 is 2.21 bits per heavy atom. The van der Waals surface area contributed by atoms with E-state index in [4.69, 9.17) is 5.11 Å². The van der Waals surface area contributed by atoms with Crippen LogP contribution in [0.5, 0.6) is 0 Å². The van der Waals surface area contributed by atoms with E-state index in [-0.39, 0.29) is 5.69 Å². The van der Waals surface area contributed by atoms with Crippen molar-refractivity contribution < 1.29 is 14.7 Å². The number of carbonyl (C=O) groups is 2. The first-order valence-corrected chi connectivity index (χ1v) is 4.51. The molecule has 4 nitrogen and oxygen atoms in total. The predicted molar refractivity (Wildman–Crippen MR) is 51.9 cm³/mol. The monoisotopic (exact) mass is 195 g/mol. The number of hydrogen-bond donors (Lipinski definition) is 2. The van der Waals surface area contributed by atoms with Crippen LogP contribution in [0.2, 0.25) is 0 Å². The number of aromatic nitrogens is 1. The molecule has 2 N–H and O–H groups in total. The van der Waals surface area contributed by atoms with Crippen LogP contribution < -0.4 is 0 Å². The van der Waals surface area contributed by atoms with Crippen molar-refractivity contribution in [1.82, 2.24) is 4.98 Å². The van der Waals surface area contributed by atoms with Crippen LogP contribution in [-0.4, -0.2) is 22.3 Å². The molecule has 0 unspecified atom stereocenters. The summed E-state index contributed by atoms with van der Waals surface area (Å²) >= 11 is 0. The van der Waals surface area contributed by atoms with Crippen LogP contribution in [0.25, 0.3) is 0 Å². The maximum absolute atomic E-state index is 10.8. The highest BCUT2D eigenvalue weighted by atomic mass is 16.4. The van der Waals surface area contributed by atoms with Gasteiger partial charge in [-0.25, -0.2) is 4.79 Å². The zero-order valence-corrected chi connectivity index (χ0v) is 8.26. The van der Waals surface area contributed by atoms with E-state index in [0.717, 1.165) is 12.1 Å². The SMILES string of the molecule is CCCc1[nH]c(C(=O)O)c(C)c1C=O. The van der Waals surface area contributed by atoms with E-state index in [0.29, 0.717) is 23.8 Å². The van der Waals surface area contributed by atoms with Gasteiger partial charge >= 0.3 is 5.97 Å². The number of aldehydes is 1. The van der Waals surface area contributed by atoms with Crippen molar-refractivity contribution in [3.05, 3.63) is 22.5 Å². The normalized spacial score (nSPS) is 10.1. The molecule has 0 saturated carbocycles. The fraction of sp³-hybridized carbons (Fsp3) is 0.400. The van der Waals surface area contributed by atoms with Gasteiger partial charge in [0.1, 0.15) is 5.69 Å². The molecule has 0 amide bonds. The van der Waals surface area contributed by atoms with Crippen LogP contribution in [0.3, 0.4) is 0 Å². The van der Waals surface area contributed by atoms with Gasteiger partial charge in [-0.05, 0) is 18.9 Å². The summed E-state index contributed by atoms with van der Waals surface area (Å²) in [6.07, 6.45) is 2.28. The van der Waals surface area contributed by atoms with Gasteiger partial charge in [0.25, 0.3) is 0 Å². The third kappa shape index (κ3) is 1.69. The Labute approximate surface area is 81.9 Å². The van der Waals surface area contributed by atoms with E-state index in [1.807, 2.05) is 6.92 Å². The third-order valence-electron chi connectivity index (χ3n) is 2.21. The first-order valence-electron chi connectivity index (χ1n) is 4.51. The number of hydrogen-bond acceptors (Lipinski definition) is 2. The van der Waals surface area contributed by atoms with Gasteiger partial charge in [0, 0.05) is 11.3 Å². The van der Waals surface area contributed by atoms with E-state index < -0.39 is 5.97 Å². The molecule has 0 aromatic carbocycles. The van der Waals surface area contributed by atoms with Gasteiger partial charge in [-0.1, -0.05) is 13.3 Å². The van der Waals surface area contributed by atoms with Crippen LogP contribution in [0.15, 0.2) is 0 Å². The number of H-pyrrole nitrogens is 1. The molecule has 76 valence electrons. The number of carboxylic acid groups (broad SMARTS) is 1. The number of aromatic carboxylic acids is 1. The summed E-state index contributed by atoms with van der Waals surface area (Å²) in [5.41, 5.74) is 1.85. The lowest BCUT2D eigenvalue weighted by Crippen LogP contribution is -1.99. The van der Waals surface area contributed by atoms with Gasteiger partial charge in [-0.15, -0.1) is 0 Å². The number of rotatable bonds is 4. The molecule has 0 aliphatic carbocycles. The molecule has 0 spiro atoms. The molecule has 0 fully saturated rings. The first-order chi connectivity index (χ1) is 6.61. The van der Waals surface area contributed by atoms with Crippen molar-refractivity contribution in [2.45, 2.75) is 26.7 Å². The fourth-order valence-electron chi connectivity index (χ4n) is 1.49. The molecule has 0 atom stereocenters. The summed E-state index contributed by atoms with van der Waals surface area (Å²) in [4.78, 5) is 24.3. The lowest BCUT2D eigenvalue weighted by Gasteiger charge is -1.94. The summed E-state index contributed by atoms with van der Waals surface area (Å²) in [5.74, 6) is -1.02. The second-order valence-electron chi connectivity index (χ2n) is 3.19. The molecule has 1 aromatic rings. The van der Waals surface area contributed by atoms with Crippen LogP contribution in [0.1, 0.15) is 45.4 Å². The molecule has 0 radical (unpaired) electrons. The maximum Gasteiger partial charge on any atom is 0.352 e. The van der Waals surface area contributed by atoms with E-state index in [1.165, 1.54) is 0 Å². The van der Waals surface area contributed by atoms with Crippen molar-refractivity contribution in [2.75, 3.05) is 0 Å². The topological polar surface area (TPSA) is 70.2 Å². The number of aromatic amines is 1. The largest absolute Gasteiger partial charge is 0.477 e. The summed E-state index contributed by atoms with van der Waals surface area (Å²) < 4.78 is 0. The van der Waals surface area contributed by atoms with Crippen LogP contribution >= 0.6 is 0 Å². The second kappa shape index (κ2) is 4.09. The molecule has 1 heterocycles. The molecule has 0 saturated heterocycles. The summed E-state index contributed by atoms with van der Waals surface area (Å²) in [5, 5.41) is 8.82. The third-order valence-corrected chi connectivity index (χ3v) is 2.21. The average Bonchev–Trinajstić information content (AvgIpc) is 2.43. The second-order valence-corrected chi connectivity index (χ2v) is 3.19. The van der Waals surface area contributed by atoms with Crippen molar-refractivity contribution in [1.29, 1.82) is 0 Å². The molecule has 1 aromatic heterocycles. The maximum atomic E-state index is 10.8. The summed E-state index contributed by atoms with van der Waals surface area (Å²) in [6.45, 7) is 3.62. The van der Waals surface area contributed by atoms with Gasteiger partial charge in [-0.3, -0.25) is 4.79 Å². The number of carbonyl (C=O) groups excluding carboxylic acids is 1. The Balaban J connectivity index is 3.24. The molecule has 14 heavy (non-hydrogen) atoms. The molecule has 1 rings (SSSR count). The molecule has 0 aliphatic heterocycles. The zero-order chi connectivity index (χ0) is 10.7. The Kier molecular flexibility index (Phi) is 3.06. The Bertz CT molecular complexity index is 366. The lowest BCUT2D eigenvalue weighted by atomic mass is 10.1. The lowest BCUT2D eigenvalue weighted by molar-refractivity contribution is 0.0690. The van der Waals surface area contributed by atoms with Gasteiger partial charge in [0.2, 0.25) is 0 Å². The predicted octanol–water partition coefficient (Wildman–Crippen LogP) is 1.79. The quantitative estimate of drug-likeness (QED) is 0.719. The molecule has 4 heteroatoms. The number of nitrogens with one attached hydrogen (secondary N) is 1. The standard InChI is InChI=1S/C10H13NO3/c1-3-4-8-7(5-12)6(2)9(11-8)10(13)14/h5,11H,3-4H2,1-2H3,(H,13,14). The van der Waals surface area contributed by atoms with E-state index in [2.05, 4.69) is 4.98 Å². The molecular weight excluding hydrogens is 182 g/mol.